The summed E-state index contributed by atoms with van der Waals surface area (Å²) in [4.78, 5) is 31.3. The van der Waals surface area contributed by atoms with Crippen LogP contribution in [0.25, 0.3) is 5.78 Å². The number of rotatable bonds is 3. The van der Waals surface area contributed by atoms with Gasteiger partial charge in [-0.3, -0.25) is 9.59 Å². The number of fused-ring (bicyclic) bond motifs is 1. The van der Waals surface area contributed by atoms with Crippen molar-refractivity contribution >= 4 is 17.7 Å². The lowest BCUT2D eigenvalue weighted by atomic mass is 10.1. The van der Waals surface area contributed by atoms with E-state index in [9.17, 15) is 9.59 Å². The summed E-state index contributed by atoms with van der Waals surface area (Å²) in [7, 11) is 0. The van der Waals surface area contributed by atoms with Crippen LogP contribution in [0.5, 0.6) is 0 Å². The van der Waals surface area contributed by atoms with Gasteiger partial charge in [0.1, 0.15) is 6.33 Å². The van der Waals surface area contributed by atoms with E-state index in [1.54, 1.807) is 6.92 Å². The minimum atomic E-state index is -0.798. The predicted molar refractivity (Wildman–Crippen MR) is 71.8 cm³/mol. The fourth-order valence-electron chi connectivity index (χ4n) is 2.71. The third-order valence-electron chi connectivity index (χ3n) is 3.91. The van der Waals surface area contributed by atoms with Gasteiger partial charge in [-0.15, -0.1) is 0 Å². The zero-order valence-corrected chi connectivity index (χ0v) is 11.5. The van der Waals surface area contributed by atoms with Crippen LogP contribution < -0.4 is 5.32 Å². The molecular formula is C13H15N5O3. The van der Waals surface area contributed by atoms with Gasteiger partial charge in [-0.25, -0.2) is 9.50 Å². The van der Waals surface area contributed by atoms with Gasteiger partial charge >= 0.3 is 5.97 Å². The van der Waals surface area contributed by atoms with E-state index >= 15 is 0 Å². The number of carbonyl (C=O) groups is 2. The second-order valence-corrected chi connectivity index (χ2v) is 5.25. The molecule has 8 heteroatoms. The van der Waals surface area contributed by atoms with Crippen LogP contribution in [0.4, 0.5) is 0 Å². The number of amides is 1. The average Bonchev–Trinajstić information content (AvgIpc) is 3.07. The first-order valence-electron chi connectivity index (χ1n) is 6.75. The molecule has 1 aliphatic carbocycles. The fourth-order valence-corrected chi connectivity index (χ4v) is 2.71. The highest BCUT2D eigenvalue weighted by atomic mass is 16.4. The SMILES string of the molecule is Cc1c(C(=O)NC2CCC(C(=O)O)C2)cnc2ncnn12. The second kappa shape index (κ2) is 5.12. The summed E-state index contributed by atoms with van der Waals surface area (Å²) in [6.45, 7) is 1.77. The maximum Gasteiger partial charge on any atom is 0.306 e. The zero-order chi connectivity index (χ0) is 15.0. The monoisotopic (exact) mass is 289 g/mol. The summed E-state index contributed by atoms with van der Waals surface area (Å²) < 4.78 is 1.50. The first-order valence-corrected chi connectivity index (χ1v) is 6.75. The molecule has 110 valence electrons. The van der Waals surface area contributed by atoms with E-state index in [1.807, 2.05) is 0 Å². The van der Waals surface area contributed by atoms with Gasteiger partial charge in [-0.1, -0.05) is 0 Å². The van der Waals surface area contributed by atoms with E-state index in [1.165, 1.54) is 17.0 Å². The Bertz CT molecular complexity index is 711. The van der Waals surface area contributed by atoms with Gasteiger partial charge in [0.25, 0.3) is 11.7 Å². The van der Waals surface area contributed by atoms with Crippen molar-refractivity contribution in [2.75, 3.05) is 0 Å². The Balaban J connectivity index is 1.75. The average molecular weight is 289 g/mol. The largest absolute Gasteiger partial charge is 0.481 e. The molecule has 0 spiro atoms. The van der Waals surface area contributed by atoms with Gasteiger partial charge < -0.3 is 10.4 Å². The van der Waals surface area contributed by atoms with E-state index in [4.69, 9.17) is 5.11 Å². The van der Waals surface area contributed by atoms with Crippen LogP contribution in [0.2, 0.25) is 0 Å². The first kappa shape index (κ1) is 13.5. The highest BCUT2D eigenvalue weighted by Crippen LogP contribution is 2.26. The number of hydrogen-bond acceptors (Lipinski definition) is 5. The minimum Gasteiger partial charge on any atom is -0.481 e. The molecule has 1 saturated carbocycles. The summed E-state index contributed by atoms with van der Waals surface area (Å²) in [5.74, 6) is -0.981. The first-order chi connectivity index (χ1) is 10.1. The summed E-state index contributed by atoms with van der Waals surface area (Å²) in [5, 5.41) is 15.9. The summed E-state index contributed by atoms with van der Waals surface area (Å²) in [6.07, 6.45) is 4.60. The van der Waals surface area contributed by atoms with Crippen LogP contribution in [0.15, 0.2) is 12.5 Å². The number of carboxylic acid groups (broad SMARTS) is 1. The molecule has 0 radical (unpaired) electrons. The Morgan fingerprint density at radius 2 is 2.19 bits per heavy atom. The second-order valence-electron chi connectivity index (χ2n) is 5.25. The summed E-state index contributed by atoms with van der Waals surface area (Å²) >= 11 is 0. The molecule has 2 N–H and O–H groups in total. The number of aryl methyl sites for hydroxylation is 1. The third-order valence-corrected chi connectivity index (χ3v) is 3.91. The quantitative estimate of drug-likeness (QED) is 0.847. The normalized spacial score (nSPS) is 21.6. The van der Waals surface area contributed by atoms with Crippen molar-refractivity contribution in [2.24, 2.45) is 5.92 Å². The summed E-state index contributed by atoms with van der Waals surface area (Å²) in [6, 6.07) is -0.107. The molecule has 0 aromatic carbocycles. The third kappa shape index (κ3) is 2.44. The minimum absolute atomic E-state index is 0.107. The number of nitrogens with one attached hydrogen (secondary N) is 1. The Morgan fingerprint density at radius 1 is 1.38 bits per heavy atom. The molecule has 2 aromatic heterocycles. The Labute approximate surface area is 120 Å². The number of hydrogen-bond donors (Lipinski definition) is 2. The van der Waals surface area contributed by atoms with Crippen molar-refractivity contribution in [2.45, 2.75) is 32.2 Å². The molecule has 2 aromatic rings. The lowest BCUT2D eigenvalue weighted by Crippen LogP contribution is -2.34. The van der Waals surface area contributed by atoms with E-state index in [2.05, 4.69) is 20.4 Å². The Morgan fingerprint density at radius 3 is 2.90 bits per heavy atom. The highest BCUT2D eigenvalue weighted by molar-refractivity contribution is 5.95. The Hall–Kier alpha value is -2.51. The highest BCUT2D eigenvalue weighted by Gasteiger charge is 2.31. The van der Waals surface area contributed by atoms with Crippen LogP contribution >= 0.6 is 0 Å². The number of aromatic nitrogens is 4. The molecule has 8 nitrogen and oxygen atoms in total. The predicted octanol–water partition coefficient (Wildman–Crippen LogP) is 0.416. The molecule has 0 bridgehead atoms. The maximum atomic E-state index is 12.3. The molecule has 0 aliphatic heterocycles. The maximum absolute atomic E-state index is 12.3. The summed E-state index contributed by atoms with van der Waals surface area (Å²) in [5.41, 5.74) is 1.08. The smallest absolute Gasteiger partial charge is 0.306 e. The van der Waals surface area contributed by atoms with Crippen molar-refractivity contribution in [3.63, 3.8) is 0 Å². The lowest BCUT2D eigenvalue weighted by molar-refractivity contribution is -0.141. The van der Waals surface area contributed by atoms with Crippen molar-refractivity contribution in [1.29, 1.82) is 0 Å². The molecule has 1 amide bonds. The number of carbonyl (C=O) groups excluding carboxylic acids is 1. The fraction of sp³-hybridized carbons (Fsp3) is 0.462. The number of aliphatic carboxylic acids is 1. The molecule has 1 fully saturated rings. The van der Waals surface area contributed by atoms with E-state index in [-0.39, 0.29) is 17.9 Å². The molecule has 1 aliphatic rings. The van der Waals surface area contributed by atoms with Gasteiger partial charge in [0, 0.05) is 12.2 Å². The topological polar surface area (TPSA) is 109 Å². The van der Waals surface area contributed by atoms with Crippen molar-refractivity contribution in [3.05, 3.63) is 23.8 Å². The molecule has 2 heterocycles. The molecular weight excluding hydrogens is 274 g/mol. The number of carboxylic acids is 1. The zero-order valence-electron chi connectivity index (χ0n) is 11.5. The van der Waals surface area contributed by atoms with Crippen molar-refractivity contribution < 1.29 is 14.7 Å². The van der Waals surface area contributed by atoms with Gasteiger partial charge in [0.15, 0.2) is 0 Å². The van der Waals surface area contributed by atoms with Gasteiger partial charge in [-0.05, 0) is 26.2 Å². The van der Waals surface area contributed by atoms with E-state index in [0.717, 1.165) is 0 Å². The van der Waals surface area contributed by atoms with Gasteiger partial charge in [0.05, 0.1) is 17.2 Å². The van der Waals surface area contributed by atoms with Crippen LogP contribution in [-0.2, 0) is 4.79 Å². The lowest BCUT2D eigenvalue weighted by Gasteiger charge is -2.13. The van der Waals surface area contributed by atoms with Crippen LogP contribution in [0, 0.1) is 12.8 Å². The standard InChI is InChI=1S/C13H15N5O3/c1-7-10(5-14-13-15-6-16-18(7)13)11(19)17-9-3-2-8(4-9)12(20)21/h5-6,8-9H,2-4H2,1H3,(H,17,19)(H,20,21). The molecule has 2 atom stereocenters. The van der Waals surface area contributed by atoms with E-state index in [0.29, 0.717) is 36.3 Å². The van der Waals surface area contributed by atoms with Crippen LogP contribution in [0.1, 0.15) is 35.3 Å². The molecule has 3 rings (SSSR count). The van der Waals surface area contributed by atoms with Gasteiger partial charge in [0.2, 0.25) is 0 Å². The van der Waals surface area contributed by atoms with Crippen molar-refractivity contribution in [3.8, 4) is 0 Å². The molecule has 2 unspecified atom stereocenters. The van der Waals surface area contributed by atoms with Crippen LogP contribution in [-0.4, -0.2) is 42.6 Å². The van der Waals surface area contributed by atoms with Crippen molar-refractivity contribution in [1.82, 2.24) is 24.9 Å². The number of nitrogens with zero attached hydrogens (tertiary/aromatic N) is 4. The molecule has 0 saturated heterocycles. The molecule has 21 heavy (non-hydrogen) atoms. The van der Waals surface area contributed by atoms with Crippen LogP contribution in [0.3, 0.4) is 0 Å². The van der Waals surface area contributed by atoms with Gasteiger partial charge in [-0.2, -0.15) is 10.1 Å². The van der Waals surface area contributed by atoms with E-state index < -0.39 is 5.97 Å². The Kier molecular flexibility index (Phi) is 3.28.